The Morgan fingerprint density at radius 2 is 2.20 bits per heavy atom. The van der Waals surface area contributed by atoms with Gasteiger partial charge in [0.1, 0.15) is 6.29 Å². The molecule has 0 radical (unpaired) electrons. The number of carbonyl (C=O) groups excluding carboxylic acids is 1. The molecule has 0 fully saturated rings. The van der Waals surface area contributed by atoms with E-state index >= 15 is 0 Å². The van der Waals surface area contributed by atoms with Crippen LogP contribution in [0.2, 0.25) is 0 Å². The van der Waals surface area contributed by atoms with Gasteiger partial charge in [0.05, 0.1) is 0 Å². The van der Waals surface area contributed by atoms with Gasteiger partial charge in [-0.2, -0.15) is 0 Å². The number of hydrogen-bond acceptors (Lipinski definition) is 2. The number of benzene rings is 1. The molecule has 0 saturated carbocycles. The molecular weight excluding hydrogens is 192 g/mol. The fourth-order valence-electron chi connectivity index (χ4n) is 1.48. The van der Waals surface area contributed by atoms with Gasteiger partial charge in [-0.05, 0) is 31.4 Å². The summed E-state index contributed by atoms with van der Waals surface area (Å²) in [6.07, 6.45) is 2.18. The van der Waals surface area contributed by atoms with Crippen LogP contribution >= 0.6 is 0 Å². The molecule has 1 N–H and O–H groups in total. The van der Waals surface area contributed by atoms with Gasteiger partial charge < -0.3 is 5.11 Å². The lowest BCUT2D eigenvalue weighted by Crippen LogP contribution is -1.98. The average Bonchev–Trinajstić information content (AvgIpc) is 2.19. The second-order valence-electron chi connectivity index (χ2n) is 3.57. The van der Waals surface area contributed by atoms with E-state index in [1.165, 1.54) is 0 Å². The van der Waals surface area contributed by atoms with E-state index < -0.39 is 5.97 Å². The van der Waals surface area contributed by atoms with Crippen molar-refractivity contribution in [3.05, 3.63) is 34.9 Å². The zero-order valence-corrected chi connectivity index (χ0v) is 8.69. The van der Waals surface area contributed by atoms with E-state index in [-0.39, 0.29) is 6.42 Å². The highest BCUT2D eigenvalue weighted by Crippen LogP contribution is 2.12. The average molecular weight is 206 g/mol. The monoisotopic (exact) mass is 206 g/mol. The molecule has 0 aliphatic heterocycles. The van der Waals surface area contributed by atoms with Crippen LogP contribution < -0.4 is 0 Å². The second-order valence-corrected chi connectivity index (χ2v) is 3.57. The maximum absolute atomic E-state index is 10.8. The Bertz CT molecular complexity index is 369. The summed E-state index contributed by atoms with van der Waals surface area (Å²) in [5, 5.41) is 8.49. The molecular formula is C12H14O3. The van der Waals surface area contributed by atoms with Crippen molar-refractivity contribution >= 4 is 12.3 Å². The highest BCUT2D eigenvalue weighted by molar-refractivity contribution is 5.77. The van der Waals surface area contributed by atoms with Gasteiger partial charge in [-0.3, -0.25) is 9.59 Å². The molecule has 0 amide bonds. The van der Waals surface area contributed by atoms with E-state index in [0.717, 1.165) is 17.4 Å². The Labute approximate surface area is 88.7 Å². The highest BCUT2D eigenvalue weighted by Gasteiger charge is 2.03. The van der Waals surface area contributed by atoms with Crippen LogP contribution in [-0.4, -0.2) is 17.4 Å². The van der Waals surface area contributed by atoms with E-state index in [9.17, 15) is 9.59 Å². The molecule has 0 spiro atoms. The lowest BCUT2D eigenvalue weighted by atomic mass is 10.0. The van der Waals surface area contributed by atoms with E-state index in [4.69, 9.17) is 5.11 Å². The third kappa shape index (κ3) is 3.54. The topological polar surface area (TPSA) is 54.4 Å². The van der Waals surface area contributed by atoms with Crippen molar-refractivity contribution in [2.45, 2.75) is 26.2 Å². The molecule has 3 nitrogen and oxygen atoms in total. The first-order chi connectivity index (χ1) is 7.13. The van der Waals surface area contributed by atoms with Crippen molar-refractivity contribution in [2.75, 3.05) is 0 Å². The summed E-state index contributed by atoms with van der Waals surface area (Å²) in [5.74, 6) is -0.797. The van der Waals surface area contributed by atoms with E-state index in [1.54, 1.807) is 0 Å². The van der Waals surface area contributed by atoms with Crippen LogP contribution in [0.5, 0.6) is 0 Å². The Morgan fingerprint density at radius 3 is 2.80 bits per heavy atom. The number of hydrogen-bond donors (Lipinski definition) is 1. The predicted octanol–water partition coefficient (Wildman–Crippen LogP) is 2.21. The van der Waals surface area contributed by atoms with Gasteiger partial charge in [0.25, 0.3) is 0 Å². The Hall–Kier alpha value is -1.64. The Kier molecular flexibility index (Phi) is 4.03. The number of aldehydes is 1. The van der Waals surface area contributed by atoms with Gasteiger partial charge in [0.15, 0.2) is 0 Å². The Morgan fingerprint density at radius 1 is 1.47 bits per heavy atom. The van der Waals surface area contributed by atoms with Crippen LogP contribution in [-0.2, 0) is 11.2 Å². The minimum Gasteiger partial charge on any atom is -0.481 e. The lowest BCUT2D eigenvalue weighted by molar-refractivity contribution is -0.137. The normalized spacial score (nSPS) is 9.93. The molecule has 0 unspecified atom stereocenters. The van der Waals surface area contributed by atoms with Crippen molar-refractivity contribution in [3.8, 4) is 0 Å². The van der Waals surface area contributed by atoms with Gasteiger partial charge in [-0.25, -0.2) is 0 Å². The number of carbonyl (C=O) groups is 2. The van der Waals surface area contributed by atoms with E-state index in [1.807, 2.05) is 25.1 Å². The maximum Gasteiger partial charge on any atom is 0.303 e. The first-order valence-electron chi connectivity index (χ1n) is 4.90. The zero-order valence-electron chi connectivity index (χ0n) is 8.69. The van der Waals surface area contributed by atoms with E-state index in [2.05, 4.69) is 0 Å². The molecule has 0 aromatic heterocycles. The van der Waals surface area contributed by atoms with Crippen molar-refractivity contribution in [3.63, 3.8) is 0 Å². The molecule has 0 aliphatic carbocycles. The minimum absolute atomic E-state index is 0.145. The SMILES string of the molecule is Cc1ccc(CCCC(=O)O)c(C=O)c1. The van der Waals surface area contributed by atoms with Crippen LogP contribution in [0.15, 0.2) is 18.2 Å². The van der Waals surface area contributed by atoms with Crippen LogP contribution in [0.25, 0.3) is 0 Å². The molecule has 0 aliphatic rings. The van der Waals surface area contributed by atoms with Gasteiger partial charge >= 0.3 is 5.97 Å². The van der Waals surface area contributed by atoms with Crippen molar-refractivity contribution in [1.29, 1.82) is 0 Å². The summed E-state index contributed by atoms with van der Waals surface area (Å²) in [5.41, 5.74) is 2.64. The predicted molar refractivity (Wildman–Crippen MR) is 57.1 cm³/mol. The quantitative estimate of drug-likeness (QED) is 0.751. The van der Waals surface area contributed by atoms with E-state index in [0.29, 0.717) is 18.4 Å². The van der Waals surface area contributed by atoms with Crippen LogP contribution in [0.4, 0.5) is 0 Å². The van der Waals surface area contributed by atoms with Crippen LogP contribution in [0, 0.1) is 6.92 Å². The third-order valence-corrected chi connectivity index (χ3v) is 2.27. The highest BCUT2D eigenvalue weighted by atomic mass is 16.4. The molecule has 15 heavy (non-hydrogen) atoms. The summed E-state index contributed by atoms with van der Waals surface area (Å²) < 4.78 is 0. The van der Waals surface area contributed by atoms with Crippen molar-refractivity contribution in [1.82, 2.24) is 0 Å². The summed E-state index contributed by atoms with van der Waals surface area (Å²) in [7, 11) is 0. The van der Waals surface area contributed by atoms with Gasteiger partial charge in [-0.15, -0.1) is 0 Å². The first kappa shape index (κ1) is 11.4. The Balaban J connectivity index is 2.67. The standard InChI is InChI=1S/C12H14O3/c1-9-5-6-10(11(7-9)8-13)3-2-4-12(14)15/h5-8H,2-4H2,1H3,(H,14,15). The lowest BCUT2D eigenvalue weighted by Gasteiger charge is -2.04. The molecule has 1 rings (SSSR count). The van der Waals surface area contributed by atoms with Crippen LogP contribution in [0.3, 0.4) is 0 Å². The summed E-state index contributed by atoms with van der Waals surface area (Å²) >= 11 is 0. The number of carboxylic acid groups (broad SMARTS) is 1. The largest absolute Gasteiger partial charge is 0.481 e. The number of rotatable bonds is 5. The summed E-state index contributed by atoms with van der Waals surface area (Å²) in [6, 6.07) is 5.65. The molecule has 0 saturated heterocycles. The molecule has 80 valence electrons. The fourth-order valence-corrected chi connectivity index (χ4v) is 1.48. The van der Waals surface area contributed by atoms with Gasteiger partial charge in [-0.1, -0.05) is 17.7 Å². The zero-order chi connectivity index (χ0) is 11.3. The number of aryl methyl sites for hydroxylation is 2. The van der Waals surface area contributed by atoms with Gasteiger partial charge in [0, 0.05) is 12.0 Å². The molecule has 0 bridgehead atoms. The molecule has 0 atom stereocenters. The second kappa shape index (κ2) is 5.29. The third-order valence-electron chi connectivity index (χ3n) is 2.27. The molecule has 0 heterocycles. The molecule has 1 aromatic rings. The molecule has 1 aromatic carbocycles. The number of carboxylic acids is 1. The van der Waals surface area contributed by atoms with Crippen molar-refractivity contribution < 1.29 is 14.7 Å². The van der Waals surface area contributed by atoms with Crippen LogP contribution in [0.1, 0.15) is 34.3 Å². The number of aliphatic carboxylic acids is 1. The first-order valence-corrected chi connectivity index (χ1v) is 4.90. The fraction of sp³-hybridized carbons (Fsp3) is 0.333. The smallest absolute Gasteiger partial charge is 0.303 e. The maximum atomic E-state index is 10.8. The van der Waals surface area contributed by atoms with Gasteiger partial charge in [0.2, 0.25) is 0 Å². The summed E-state index contributed by atoms with van der Waals surface area (Å²) in [4.78, 5) is 21.1. The van der Waals surface area contributed by atoms with Crippen molar-refractivity contribution in [2.24, 2.45) is 0 Å². The molecule has 3 heteroatoms. The summed E-state index contributed by atoms with van der Waals surface area (Å²) in [6.45, 7) is 1.92. The minimum atomic E-state index is -0.797.